The number of hydrogen-bond acceptors (Lipinski definition) is 4. The van der Waals surface area contributed by atoms with E-state index in [1.54, 1.807) is 12.1 Å². The lowest BCUT2D eigenvalue weighted by Crippen LogP contribution is -2.40. The molecule has 5 nitrogen and oxygen atoms in total. The molecule has 0 aliphatic carbocycles. The molecular formula is C21H24ClNO4S. The minimum absolute atomic E-state index is 0.214. The van der Waals surface area contributed by atoms with Crippen molar-refractivity contribution >= 4 is 27.6 Å². The molecular weight excluding hydrogens is 398 g/mol. The van der Waals surface area contributed by atoms with E-state index >= 15 is 0 Å². The third kappa shape index (κ3) is 4.74. The molecule has 0 unspecified atom stereocenters. The van der Waals surface area contributed by atoms with Gasteiger partial charge in [-0.15, -0.1) is 0 Å². The Morgan fingerprint density at radius 3 is 2.21 bits per heavy atom. The molecule has 1 saturated heterocycles. The summed E-state index contributed by atoms with van der Waals surface area (Å²) in [6.45, 7) is 4.45. The van der Waals surface area contributed by atoms with Gasteiger partial charge in [0.2, 0.25) is 10.0 Å². The molecule has 1 aliphatic heterocycles. The van der Waals surface area contributed by atoms with E-state index in [9.17, 15) is 13.2 Å². The predicted octanol–water partition coefficient (Wildman–Crippen LogP) is 4.35. The second-order valence-electron chi connectivity index (χ2n) is 7.12. The Balaban J connectivity index is 1.57. The highest BCUT2D eigenvalue weighted by Gasteiger charge is 2.33. The van der Waals surface area contributed by atoms with Crippen molar-refractivity contribution < 1.29 is 17.9 Å². The van der Waals surface area contributed by atoms with E-state index in [2.05, 4.69) is 0 Å². The fourth-order valence-corrected chi connectivity index (χ4v) is 4.86. The molecule has 0 saturated carbocycles. The van der Waals surface area contributed by atoms with Crippen LogP contribution in [-0.2, 0) is 19.6 Å². The summed E-state index contributed by atoms with van der Waals surface area (Å²) in [6.07, 6.45) is 0.572. The summed E-state index contributed by atoms with van der Waals surface area (Å²) in [5.41, 5.74) is 2.10. The lowest BCUT2D eigenvalue weighted by Gasteiger charge is -2.30. The molecule has 0 N–H and O–H groups in total. The van der Waals surface area contributed by atoms with Crippen LogP contribution < -0.4 is 0 Å². The number of benzene rings is 2. The minimum atomic E-state index is -3.58. The molecule has 7 heteroatoms. The quantitative estimate of drug-likeness (QED) is 0.673. The topological polar surface area (TPSA) is 63.7 Å². The molecule has 3 rings (SSSR count). The van der Waals surface area contributed by atoms with Crippen LogP contribution in [0.25, 0.3) is 0 Å². The van der Waals surface area contributed by atoms with Crippen molar-refractivity contribution in [2.45, 2.75) is 37.7 Å². The van der Waals surface area contributed by atoms with Crippen LogP contribution in [0.1, 0.15) is 37.0 Å². The van der Waals surface area contributed by atoms with E-state index in [-0.39, 0.29) is 22.9 Å². The number of carbonyl (C=O) groups is 1. The molecule has 28 heavy (non-hydrogen) atoms. The number of piperidine rings is 1. The average Bonchev–Trinajstić information content (AvgIpc) is 2.69. The van der Waals surface area contributed by atoms with Gasteiger partial charge in [0.25, 0.3) is 0 Å². The van der Waals surface area contributed by atoms with E-state index in [0.29, 0.717) is 31.0 Å². The van der Waals surface area contributed by atoms with Crippen molar-refractivity contribution in [1.82, 2.24) is 4.31 Å². The van der Waals surface area contributed by atoms with Crippen molar-refractivity contribution in [2.24, 2.45) is 5.92 Å². The average molecular weight is 422 g/mol. The van der Waals surface area contributed by atoms with Gasteiger partial charge in [-0.1, -0.05) is 41.4 Å². The van der Waals surface area contributed by atoms with Crippen LogP contribution in [0.3, 0.4) is 0 Å². The number of ether oxygens (including phenoxy) is 1. The number of hydrogen-bond donors (Lipinski definition) is 0. The maximum Gasteiger partial charge on any atom is 0.309 e. The zero-order valence-electron chi connectivity index (χ0n) is 16.0. The molecule has 1 aliphatic rings. The molecule has 2 aromatic rings. The number of carbonyl (C=O) groups excluding carboxylic acids is 1. The molecule has 1 atom stereocenters. The van der Waals surface area contributed by atoms with Crippen molar-refractivity contribution in [3.8, 4) is 0 Å². The second kappa shape index (κ2) is 8.64. The SMILES string of the molecule is Cc1ccc([C@H](C)OC(=O)C2CCN(S(=O)(=O)c3ccc(Cl)cc3)CC2)cc1. The summed E-state index contributed by atoms with van der Waals surface area (Å²) in [6, 6.07) is 14.0. The lowest BCUT2D eigenvalue weighted by molar-refractivity contribution is -0.155. The molecule has 0 radical (unpaired) electrons. The van der Waals surface area contributed by atoms with E-state index in [0.717, 1.165) is 11.1 Å². The van der Waals surface area contributed by atoms with E-state index in [4.69, 9.17) is 16.3 Å². The zero-order valence-corrected chi connectivity index (χ0v) is 17.5. The molecule has 1 heterocycles. The Hall–Kier alpha value is -1.89. The highest BCUT2D eigenvalue weighted by Crippen LogP contribution is 2.27. The van der Waals surface area contributed by atoms with Gasteiger partial charge in [-0.25, -0.2) is 8.42 Å². The van der Waals surface area contributed by atoms with Crippen LogP contribution in [0.5, 0.6) is 0 Å². The summed E-state index contributed by atoms with van der Waals surface area (Å²) < 4.78 is 32.5. The number of halogens is 1. The standard InChI is InChI=1S/C21H24ClNO4S/c1-15-3-5-17(6-4-15)16(2)27-21(24)18-11-13-23(14-12-18)28(25,26)20-9-7-19(22)8-10-20/h3-10,16,18H,11-14H2,1-2H3/t16-/m0/s1. The van der Waals surface area contributed by atoms with Gasteiger partial charge in [0.05, 0.1) is 10.8 Å². The smallest absolute Gasteiger partial charge is 0.309 e. The van der Waals surface area contributed by atoms with E-state index < -0.39 is 10.0 Å². The van der Waals surface area contributed by atoms with Gasteiger partial charge in [0, 0.05) is 18.1 Å². The Labute approximate surface area is 171 Å². The van der Waals surface area contributed by atoms with Gasteiger partial charge in [-0.05, 0) is 56.5 Å². The van der Waals surface area contributed by atoms with E-state index in [1.165, 1.54) is 16.4 Å². The highest BCUT2D eigenvalue weighted by molar-refractivity contribution is 7.89. The predicted molar refractivity (Wildman–Crippen MR) is 109 cm³/mol. The minimum Gasteiger partial charge on any atom is -0.458 e. The van der Waals surface area contributed by atoms with Gasteiger partial charge in [-0.3, -0.25) is 4.79 Å². The number of sulfonamides is 1. The number of esters is 1. The van der Waals surface area contributed by atoms with Gasteiger partial charge < -0.3 is 4.74 Å². The summed E-state index contributed by atoms with van der Waals surface area (Å²) in [5, 5.41) is 0.489. The van der Waals surface area contributed by atoms with Crippen molar-refractivity contribution in [1.29, 1.82) is 0 Å². The third-order valence-electron chi connectivity index (χ3n) is 5.08. The molecule has 0 aromatic heterocycles. The fraction of sp³-hybridized carbons (Fsp3) is 0.381. The zero-order chi connectivity index (χ0) is 20.3. The normalized spacial score (nSPS) is 17.2. The van der Waals surface area contributed by atoms with Crippen molar-refractivity contribution in [2.75, 3.05) is 13.1 Å². The fourth-order valence-electron chi connectivity index (χ4n) is 3.26. The maximum atomic E-state index is 12.7. The molecule has 0 amide bonds. The van der Waals surface area contributed by atoms with Gasteiger partial charge in [0.1, 0.15) is 6.10 Å². The first-order valence-corrected chi connectivity index (χ1v) is 11.1. The second-order valence-corrected chi connectivity index (χ2v) is 9.50. The summed E-state index contributed by atoms with van der Waals surface area (Å²) in [7, 11) is -3.58. The van der Waals surface area contributed by atoms with Gasteiger partial charge in [0.15, 0.2) is 0 Å². The van der Waals surface area contributed by atoms with Crippen LogP contribution in [-0.4, -0.2) is 31.8 Å². The Morgan fingerprint density at radius 2 is 1.64 bits per heavy atom. The molecule has 1 fully saturated rings. The Morgan fingerprint density at radius 1 is 1.07 bits per heavy atom. The van der Waals surface area contributed by atoms with Crippen LogP contribution in [0.4, 0.5) is 0 Å². The van der Waals surface area contributed by atoms with Crippen LogP contribution in [0.15, 0.2) is 53.4 Å². The first-order chi connectivity index (χ1) is 13.3. The molecule has 150 valence electrons. The lowest BCUT2D eigenvalue weighted by atomic mass is 9.98. The molecule has 0 bridgehead atoms. The van der Waals surface area contributed by atoms with Crippen LogP contribution in [0.2, 0.25) is 5.02 Å². The van der Waals surface area contributed by atoms with Crippen LogP contribution in [0, 0.1) is 12.8 Å². The molecule has 2 aromatic carbocycles. The van der Waals surface area contributed by atoms with Crippen LogP contribution >= 0.6 is 11.6 Å². The maximum absolute atomic E-state index is 12.7. The molecule has 0 spiro atoms. The first-order valence-electron chi connectivity index (χ1n) is 9.30. The van der Waals surface area contributed by atoms with E-state index in [1.807, 2.05) is 38.1 Å². The van der Waals surface area contributed by atoms with Gasteiger partial charge >= 0.3 is 5.97 Å². The third-order valence-corrected chi connectivity index (χ3v) is 7.24. The number of aryl methyl sites for hydroxylation is 1. The van der Waals surface area contributed by atoms with Crippen molar-refractivity contribution in [3.63, 3.8) is 0 Å². The number of nitrogens with zero attached hydrogens (tertiary/aromatic N) is 1. The largest absolute Gasteiger partial charge is 0.458 e. The number of rotatable bonds is 5. The summed E-state index contributed by atoms with van der Waals surface area (Å²) >= 11 is 5.84. The first kappa shape index (κ1) is 20.8. The highest BCUT2D eigenvalue weighted by atomic mass is 35.5. The van der Waals surface area contributed by atoms with Crippen molar-refractivity contribution in [3.05, 3.63) is 64.7 Å². The monoisotopic (exact) mass is 421 g/mol. The summed E-state index contributed by atoms with van der Waals surface area (Å²) in [5.74, 6) is -0.554. The summed E-state index contributed by atoms with van der Waals surface area (Å²) in [4.78, 5) is 12.7. The van der Waals surface area contributed by atoms with Gasteiger partial charge in [-0.2, -0.15) is 4.31 Å². The Bertz CT molecular complexity index is 918. The Kier molecular flexibility index (Phi) is 6.43.